The molecule has 1 atom stereocenters. The number of rotatable bonds is 8. The van der Waals surface area contributed by atoms with Crippen LogP contribution in [0, 0.1) is 5.92 Å². The number of unbranched alkanes of at least 4 members (excludes halogenated alkanes) is 1. The summed E-state index contributed by atoms with van der Waals surface area (Å²) in [5.74, 6) is 0.629. The number of ether oxygens (including phenoxy) is 1. The fourth-order valence-electron chi connectivity index (χ4n) is 2.06. The topological polar surface area (TPSA) is 9.23 Å². The quantitative estimate of drug-likeness (QED) is 0.527. The lowest BCUT2D eigenvalue weighted by Crippen LogP contribution is -2.38. The van der Waals surface area contributed by atoms with E-state index in [-0.39, 0.29) is 5.60 Å². The highest BCUT2D eigenvalue weighted by atomic mass is 16.5. The van der Waals surface area contributed by atoms with E-state index >= 15 is 0 Å². The molecule has 0 saturated heterocycles. The van der Waals surface area contributed by atoms with E-state index in [4.69, 9.17) is 4.74 Å². The van der Waals surface area contributed by atoms with Gasteiger partial charge in [-0.15, -0.1) is 0 Å². The molecule has 0 rings (SSSR count). The zero-order valence-electron chi connectivity index (χ0n) is 10.7. The van der Waals surface area contributed by atoms with Gasteiger partial charge in [-0.1, -0.05) is 47.5 Å². The van der Waals surface area contributed by atoms with Crippen molar-refractivity contribution in [2.24, 2.45) is 5.92 Å². The molecular formula is C13H28O. The average molecular weight is 200 g/mol. The first-order valence-electron chi connectivity index (χ1n) is 6.26. The van der Waals surface area contributed by atoms with Crippen LogP contribution >= 0.6 is 0 Å². The molecule has 1 nitrogen and oxygen atoms in total. The molecule has 0 amide bonds. The second-order valence-electron chi connectivity index (χ2n) is 4.53. The number of hydrogen-bond donors (Lipinski definition) is 0. The molecule has 0 aromatic rings. The molecule has 0 aromatic carbocycles. The van der Waals surface area contributed by atoms with Crippen molar-refractivity contribution < 1.29 is 4.74 Å². The second-order valence-corrected chi connectivity index (χ2v) is 4.53. The van der Waals surface area contributed by atoms with Gasteiger partial charge < -0.3 is 4.74 Å². The molecule has 1 unspecified atom stereocenters. The summed E-state index contributed by atoms with van der Waals surface area (Å²) in [6, 6.07) is 0. The Labute approximate surface area is 90.2 Å². The third kappa shape index (κ3) is 4.00. The van der Waals surface area contributed by atoms with E-state index in [1.165, 1.54) is 25.7 Å². The largest absolute Gasteiger partial charge is 0.375 e. The van der Waals surface area contributed by atoms with Crippen LogP contribution < -0.4 is 0 Å². The minimum Gasteiger partial charge on any atom is -0.375 e. The van der Waals surface area contributed by atoms with Crippen LogP contribution in [0.2, 0.25) is 0 Å². The third-order valence-corrected chi connectivity index (χ3v) is 3.21. The molecule has 0 aromatic heterocycles. The van der Waals surface area contributed by atoms with E-state index in [2.05, 4.69) is 34.6 Å². The SMILES string of the molecule is CCCCOC(CC)(CCC)C(C)C. The molecule has 0 radical (unpaired) electrons. The minimum atomic E-state index is 0.143. The van der Waals surface area contributed by atoms with Crippen molar-refractivity contribution in [3.8, 4) is 0 Å². The van der Waals surface area contributed by atoms with Gasteiger partial charge >= 0.3 is 0 Å². The Morgan fingerprint density at radius 1 is 1.07 bits per heavy atom. The van der Waals surface area contributed by atoms with Crippen LogP contribution in [0.3, 0.4) is 0 Å². The van der Waals surface area contributed by atoms with Gasteiger partial charge in [0.15, 0.2) is 0 Å². The second kappa shape index (κ2) is 7.28. The Morgan fingerprint density at radius 2 is 1.71 bits per heavy atom. The summed E-state index contributed by atoms with van der Waals surface area (Å²) in [7, 11) is 0. The molecule has 0 N–H and O–H groups in total. The maximum Gasteiger partial charge on any atom is 0.0702 e. The highest BCUT2D eigenvalue weighted by Crippen LogP contribution is 2.31. The predicted octanol–water partition coefficient (Wildman–Crippen LogP) is 4.41. The maximum absolute atomic E-state index is 6.12. The van der Waals surface area contributed by atoms with Crippen molar-refractivity contribution >= 4 is 0 Å². The normalized spacial score (nSPS) is 15.9. The molecular weight excluding hydrogens is 172 g/mol. The fraction of sp³-hybridized carbons (Fsp3) is 1.00. The summed E-state index contributed by atoms with van der Waals surface area (Å²) < 4.78 is 6.12. The van der Waals surface area contributed by atoms with Gasteiger partial charge in [0.25, 0.3) is 0 Å². The molecule has 0 aliphatic rings. The van der Waals surface area contributed by atoms with Gasteiger partial charge in [0.2, 0.25) is 0 Å². The van der Waals surface area contributed by atoms with Gasteiger partial charge in [0.05, 0.1) is 5.60 Å². The predicted molar refractivity (Wildman–Crippen MR) is 63.6 cm³/mol. The Morgan fingerprint density at radius 3 is 2.07 bits per heavy atom. The summed E-state index contributed by atoms with van der Waals surface area (Å²) >= 11 is 0. The molecule has 0 spiro atoms. The van der Waals surface area contributed by atoms with Crippen LogP contribution in [0.1, 0.15) is 66.7 Å². The van der Waals surface area contributed by atoms with Crippen LogP contribution in [-0.2, 0) is 4.74 Å². The van der Waals surface area contributed by atoms with E-state index in [0.29, 0.717) is 5.92 Å². The molecule has 14 heavy (non-hydrogen) atoms. The molecule has 1 heteroatoms. The monoisotopic (exact) mass is 200 g/mol. The molecule has 0 aliphatic carbocycles. The molecule has 0 bridgehead atoms. The summed E-state index contributed by atoms with van der Waals surface area (Å²) in [4.78, 5) is 0. The lowest BCUT2D eigenvalue weighted by atomic mass is 9.83. The van der Waals surface area contributed by atoms with Crippen molar-refractivity contribution in [1.82, 2.24) is 0 Å². The highest BCUT2D eigenvalue weighted by Gasteiger charge is 2.31. The fourth-order valence-corrected chi connectivity index (χ4v) is 2.06. The highest BCUT2D eigenvalue weighted by molar-refractivity contribution is 4.82. The van der Waals surface area contributed by atoms with Gasteiger partial charge in [-0.2, -0.15) is 0 Å². The van der Waals surface area contributed by atoms with Crippen LogP contribution in [0.5, 0.6) is 0 Å². The Hall–Kier alpha value is -0.0400. The van der Waals surface area contributed by atoms with E-state index in [9.17, 15) is 0 Å². The number of hydrogen-bond acceptors (Lipinski definition) is 1. The van der Waals surface area contributed by atoms with Crippen LogP contribution in [0.15, 0.2) is 0 Å². The first-order valence-corrected chi connectivity index (χ1v) is 6.26. The molecule has 0 heterocycles. The Balaban J connectivity index is 4.19. The zero-order chi connectivity index (χ0) is 11.0. The lowest BCUT2D eigenvalue weighted by molar-refractivity contribution is -0.0879. The van der Waals surface area contributed by atoms with Crippen molar-refractivity contribution in [1.29, 1.82) is 0 Å². The van der Waals surface area contributed by atoms with Crippen molar-refractivity contribution in [3.63, 3.8) is 0 Å². The standard InChI is InChI=1S/C13H28O/c1-6-9-11-14-13(8-3,10-7-2)12(4)5/h12H,6-11H2,1-5H3. The van der Waals surface area contributed by atoms with Gasteiger partial charge in [-0.25, -0.2) is 0 Å². The minimum absolute atomic E-state index is 0.143. The van der Waals surface area contributed by atoms with Crippen LogP contribution in [0.25, 0.3) is 0 Å². The summed E-state index contributed by atoms with van der Waals surface area (Å²) in [6.45, 7) is 12.2. The van der Waals surface area contributed by atoms with E-state index in [0.717, 1.165) is 13.0 Å². The third-order valence-electron chi connectivity index (χ3n) is 3.21. The smallest absolute Gasteiger partial charge is 0.0702 e. The van der Waals surface area contributed by atoms with E-state index in [1.807, 2.05) is 0 Å². The van der Waals surface area contributed by atoms with Crippen molar-refractivity contribution in [3.05, 3.63) is 0 Å². The van der Waals surface area contributed by atoms with Crippen molar-refractivity contribution in [2.75, 3.05) is 6.61 Å². The van der Waals surface area contributed by atoms with Gasteiger partial charge in [-0.3, -0.25) is 0 Å². The van der Waals surface area contributed by atoms with Crippen LogP contribution in [-0.4, -0.2) is 12.2 Å². The first kappa shape index (κ1) is 14.0. The van der Waals surface area contributed by atoms with Gasteiger partial charge in [0, 0.05) is 6.61 Å². The van der Waals surface area contributed by atoms with Crippen LogP contribution in [0.4, 0.5) is 0 Å². The van der Waals surface area contributed by atoms with Crippen molar-refractivity contribution in [2.45, 2.75) is 72.3 Å². The van der Waals surface area contributed by atoms with E-state index < -0.39 is 0 Å². The summed E-state index contributed by atoms with van der Waals surface area (Å²) in [6.07, 6.45) is 5.98. The summed E-state index contributed by atoms with van der Waals surface area (Å²) in [5.41, 5.74) is 0.143. The van der Waals surface area contributed by atoms with Gasteiger partial charge in [-0.05, 0) is 25.2 Å². The Bertz CT molecular complexity index is 131. The molecule has 0 aliphatic heterocycles. The lowest BCUT2D eigenvalue weighted by Gasteiger charge is -2.37. The summed E-state index contributed by atoms with van der Waals surface area (Å²) in [5, 5.41) is 0. The zero-order valence-corrected chi connectivity index (χ0v) is 10.7. The molecule has 0 fully saturated rings. The van der Waals surface area contributed by atoms with E-state index in [1.54, 1.807) is 0 Å². The molecule has 0 saturated carbocycles. The molecule has 86 valence electrons. The average Bonchev–Trinajstić information content (AvgIpc) is 2.16. The first-order chi connectivity index (χ1) is 6.63. The Kier molecular flexibility index (Phi) is 7.26. The maximum atomic E-state index is 6.12. The van der Waals surface area contributed by atoms with Gasteiger partial charge in [0.1, 0.15) is 0 Å².